The Morgan fingerprint density at radius 2 is 1.77 bits per heavy atom. The Morgan fingerprint density at radius 3 is 2.31 bits per heavy atom. The van der Waals surface area contributed by atoms with Crippen LogP contribution in [-0.4, -0.2) is 52.2 Å². The van der Waals surface area contributed by atoms with Crippen LogP contribution in [0.15, 0.2) is 23.1 Å². The zero-order valence-corrected chi connectivity index (χ0v) is 15.9. The third kappa shape index (κ3) is 5.88. The van der Waals surface area contributed by atoms with Crippen LogP contribution >= 0.6 is 0 Å². The first kappa shape index (κ1) is 21.7. The molecule has 0 aliphatic heterocycles. The molecule has 10 heteroatoms. The van der Waals surface area contributed by atoms with Crippen LogP contribution in [0, 0.1) is 5.92 Å². The lowest BCUT2D eigenvalue weighted by Crippen LogP contribution is -2.41. The third-order valence-electron chi connectivity index (χ3n) is 3.84. The smallest absolute Gasteiger partial charge is 0.308 e. The fourth-order valence-electron chi connectivity index (χ4n) is 2.03. The molecule has 0 aliphatic carbocycles. The van der Waals surface area contributed by atoms with E-state index in [-0.39, 0.29) is 23.6 Å². The van der Waals surface area contributed by atoms with Crippen molar-refractivity contribution in [3.8, 4) is 11.5 Å². The average Bonchev–Trinajstić information content (AvgIpc) is 2.59. The number of hydrogen-bond acceptors (Lipinski definition) is 6. The molecule has 1 aromatic carbocycles. The molecule has 9 nitrogen and oxygen atoms in total. The molecule has 0 heterocycles. The van der Waals surface area contributed by atoms with Gasteiger partial charge in [-0.2, -0.15) is 0 Å². The molecular weight excluding hydrogens is 364 g/mol. The maximum atomic E-state index is 12.3. The molecule has 3 N–H and O–H groups in total. The van der Waals surface area contributed by atoms with Crippen LogP contribution in [0.2, 0.25) is 0 Å². The van der Waals surface area contributed by atoms with Crippen molar-refractivity contribution in [2.24, 2.45) is 5.92 Å². The molecule has 1 rings (SSSR count). The van der Waals surface area contributed by atoms with Gasteiger partial charge >= 0.3 is 5.97 Å². The Morgan fingerprint density at radius 1 is 1.15 bits per heavy atom. The van der Waals surface area contributed by atoms with E-state index in [1.165, 1.54) is 39.3 Å². The van der Waals surface area contributed by atoms with E-state index >= 15 is 0 Å². The van der Waals surface area contributed by atoms with Gasteiger partial charge in [0.2, 0.25) is 15.9 Å². The highest BCUT2D eigenvalue weighted by atomic mass is 32.2. The Labute approximate surface area is 152 Å². The fourth-order valence-corrected chi connectivity index (χ4v) is 3.08. The maximum absolute atomic E-state index is 12.3. The summed E-state index contributed by atoms with van der Waals surface area (Å²) in [5.41, 5.74) is 0. The van der Waals surface area contributed by atoms with Crippen LogP contribution in [0.25, 0.3) is 0 Å². The molecule has 0 saturated carbocycles. The summed E-state index contributed by atoms with van der Waals surface area (Å²) in [6, 6.07) is 3.58. The lowest BCUT2D eigenvalue weighted by Gasteiger charge is -2.17. The fraction of sp³-hybridized carbons (Fsp3) is 0.500. The summed E-state index contributed by atoms with van der Waals surface area (Å²) in [4.78, 5) is 22.6. The number of hydrogen-bond donors (Lipinski definition) is 3. The van der Waals surface area contributed by atoms with Crippen molar-refractivity contribution >= 4 is 21.9 Å². The number of carboxylic acid groups (broad SMARTS) is 1. The normalized spacial score (nSPS) is 13.5. The van der Waals surface area contributed by atoms with Crippen LogP contribution in [-0.2, 0) is 19.6 Å². The third-order valence-corrected chi connectivity index (χ3v) is 5.30. The minimum atomic E-state index is -3.83. The quantitative estimate of drug-likeness (QED) is 0.535. The molecule has 0 bridgehead atoms. The van der Waals surface area contributed by atoms with Gasteiger partial charge in [-0.1, -0.05) is 0 Å². The van der Waals surface area contributed by atoms with E-state index in [1.54, 1.807) is 6.92 Å². The highest BCUT2D eigenvalue weighted by Gasteiger charge is 2.21. The molecule has 1 aromatic rings. The van der Waals surface area contributed by atoms with E-state index in [9.17, 15) is 18.0 Å². The largest absolute Gasteiger partial charge is 0.493 e. The van der Waals surface area contributed by atoms with Crippen molar-refractivity contribution in [1.29, 1.82) is 0 Å². The highest BCUT2D eigenvalue weighted by Crippen LogP contribution is 2.29. The second-order valence-corrected chi connectivity index (χ2v) is 7.41. The van der Waals surface area contributed by atoms with Gasteiger partial charge in [-0.25, -0.2) is 13.1 Å². The van der Waals surface area contributed by atoms with Crippen LogP contribution in [0.5, 0.6) is 11.5 Å². The monoisotopic (exact) mass is 388 g/mol. The SMILES string of the molecule is COc1ccc(S(=O)(=O)NCCC(=O)NC(C)C(C)C(=O)O)cc1OC. The molecule has 0 fully saturated rings. The summed E-state index contributed by atoms with van der Waals surface area (Å²) in [5.74, 6) is -1.55. The summed E-state index contributed by atoms with van der Waals surface area (Å²) < 4.78 is 37.0. The van der Waals surface area contributed by atoms with Gasteiger partial charge in [-0.3, -0.25) is 9.59 Å². The molecule has 2 atom stereocenters. The number of carboxylic acids is 1. The lowest BCUT2D eigenvalue weighted by molar-refractivity contribution is -0.142. The molecule has 0 aromatic heterocycles. The Balaban J connectivity index is 2.64. The van der Waals surface area contributed by atoms with Crippen LogP contribution in [0.3, 0.4) is 0 Å². The van der Waals surface area contributed by atoms with E-state index in [4.69, 9.17) is 14.6 Å². The highest BCUT2D eigenvalue weighted by molar-refractivity contribution is 7.89. The van der Waals surface area contributed by atoms with Gasteiger partial charge in [-0.15, -0.1) is 0 Å². The number of carbonyl (C=O) groups is 2. The zero-order chi connectivity index (χ0) is 19.9. The number of rotatable bonds is 10. The number of aliphatic carboxylic acids is 1. The van der Waals surface area contributed by atoms with Crippen molar-refractivity contribution < 1.29 is 32.6 Å². The Bertz CT molecular complexity index is 749. The van der Waals surface area contributed by atoms with Crippen LogP contribution in [0.4, 0.5) is 0 Å². The molecule has 0 spiro atoms. The molecule has 26 heavy (non-hydrogen) atoms. The predicted octanol–water partition coefficient (Wildman–Crippen LogP) is 0.598. The second-order valence-electron chi connectivity index (χ2n) is 5.65. The van der Waals surface area contributed by atoms with E-state index in [0.717, 1.165) is 0 Å². The Hall–Kier alpha value is -2.33. The molecule has 0 radical (unpaired) electrons. The minimum absolute atomic E-state index is 0.0246. The number of amides is 1. The second kappa shape index (κ2) is 9.39. The number of methoxy groups -OCH3 is 2. The molecule has 2 unspecified atom stereocenters. The van der Waals surface area contributed by atoms with Crippen molar-refractivity contribution in [2.45, 2.75) is 31.2 Å². The molecule has 1 amide bonds. The van der Waals surface area contributed by atoms with Crippen molar-refractivity contribution in [3.63, 3.8) is 0 Å². The molecule has 0 aliphatic rings. The lowest BCUT2D eigenvalue weighted by atomic mass is 10.0. The zero-order valence-electron chi connectivity index (χ0n) is 15.1. The minimum Gasteiger partial charge on any atom is -0.493 e. The predicted molar refractivity (Wildman–Crippen MR) is 93.8 cm³/mol. The number of nitrogens with one attached hydrogen (secondary N) is 2. The standard InChI is InChI=1S/C16H24N2O7S/c1-10(16(20)21)11(2)18-15(19)7-8-17-26(22,23)12-5-6-13(24-3)14(9-12)25-4/h5-6,9-11,17H,7-8H2,1-4H3,(H,18,19)(H,20,21). The number of ether oxygens (including phenoxy) is 2. The van der Waals surface area contributed by atoms with E-state index in [2.05, 4.69) is 10.0 Å². The van der Waals surface area contributed by atoms with Gasteiger partial charge in [0.05, 0.1) is 25.0 Å². The topological polar surface area (TPSA) is 131 Å². The average molecular weight is 388 g/mol. The van der Waals surface area contributed by atoms with E-state index < -0.39 is 33.9 Å². The summed E-state index contributed by atoms with van der Waals surface area (Å²) in [6.07, 6.45) is -0.122. The number of carbonyl (C=O) groups excluding carboxylic acids is 1. The van der Waals surface area contributed by atoms with Crippen LogP contribution in [0.1, 0.15) is 20.3 Å². The first-order valence-electron chi connectivity index (χ1n) is 7.86. The first-order valence-corrected chi connectivity index (χ1v) is 9.34. The van der Waals surface area contributed by atoms with Crippen molar-refractivity contribution in [2.75, 3.05) is 20.8 Å². The first-order chi connectivity index (χ1) is 12.1. The van der Waals surface area contributed by atoms with Crippen molar-refractivity contribution in [3.05, 3.63) is 18.2 Å². The van der Waals surface area contributed by atoms with Gasteiger partial charge in [-0.05, 0) is 26.0 Å². The molecule has 146 valence electrons. The van der Waals surface area contributed by atoms with Gasteiger partial charge in [0.1, 0.15) is 0 Å². The van der Waals surface area contributed by atoms with E-state index in [0.29, 0.717) is 5.75 Å². The van der Waals surface area contributed by atoms with Crippen molar-refractivity contribution in [1.82, 2.24) is 10.0 Å². The summed E-state index contributed by atoms with van der Waals surface area (Å²) in [6.45, 7) is 2.92. The van der Waals surface area contributed by atoms with Crippen LogP contribution < -0.4 is 19.5 Å². The van der Waals surface area contributed by atoms with Gasteiger partial charge in [0, 0.05) is 25.1 Å². The van der Waals surface area contributed by atoms with Gasteiger partial charge in [0.15, 0.2) is 11.5 Å². The maximum Gasteiger partial charge on any atom is 0.308 e. The molecule has 0 saturated heterocycles. The number of benzene rings is 1. The Kier molecular flexibility index (Phi) is 7.84. The summed E-state index contributed by atoms with van der Waals surface area (Å²) in [7, 11) is -0.998. The van der Waals surface area contributed by atoms with Gasteiger partial charge in [0.25, 0.3) is 0 Å². The number of sulfonamides is 1. The summed E-state index contributed by atoms with van der Waals surface area (Å²) in [5, 5.41) is 11.4. The summed E-state index contributed by atoms with van der Waals surface area (Å²) >= 11 is 0. The van der Waals surface area contributed by atoms with E-state index in [1.807, 2.05) is 0 Å². The van der Waals surface area contributed by atoms with Gasteiger partial charge < -0.3 is 19.9 Å². The molecular formula is C16H24N2O7S.